The molecule has 1 aliphatic rings. The predicted octanol–water partition coefficient (Wildman–Crippen LogP) is 0.269. The number of para-hydroxylation sites is 1. The Morgan fingerprint density at radius 2 is 2.20 bits per heavy atom. The molecule has 1 aromatic rings. The molecule has 80 valence electrons. The van der Waals surface area contributed by atoms with Crippen molar-refractivity contribution >= 4 is 5.84 Å². The Kier molecular flexibility index (Phi) is 2.47. The van der Waals surface area contributed by atoms with Gasteiger partial charge in [-0.3, -0.25) is 5.73 Å². The van der Waals surface area contributed by atoms with Gasteiger partial charge in [0, 0.05) is 0 Å². The summed E-state index contributed by atoms with van der Waals surface area (Å²) in [7, 11) is 0. The van der Waals surface area contributed by atoms with E-state index in [2.05, 4.69) is 5.16 Å². The largest absolute Gasteiger partial charge is 0.474 e. The second kappa shape index (κ2) is 3.78. The normalized spacial score (nSPS) is 25.5. The lowest BCUT2D eigenvalue weighted by Crippen LogP contribution is -2.46. The van der Waals surface area contributed by atoms with E-state index in [4.69, 9.17) is 21.4 Å². The third kappa shape index (κ3) is 1.73. The number of amidine groups is 1. The molecular formula is C10H13N3O2. The van der Waals surface area contributed by atoms with Crippen molar-refractivity contribution in [3.05, 3.63) is 29.8 Å². The van der Waals surface area contributed by atoms with Crippen LogP contribution in [0.1, 0.15) is 5.56 Å². The van der Waals surface area contributed by atoms with Crippen LogP contribution in [0.2, 0.25) is 0 Å². The third-order valence-corrected chi connectivity index (χ3v) is 2.57. The van der Waals surface area contributed by atoms with Crippen LogP contribution >= 0.6 is 0 Å². The first-order valence-corrected chi connectivity index (χ1v) is 4.70. The highest BCUT2D eigenvalue weighted by molar-refractivity contribution is 5.83. The number of hydrogen-bond acceptors (Lipinski definition) is 4. The summed E-state index contributed by atoms with van der Waals surface area (Å²) < 4.78 is 5.47. The molecule has 5 nitrogen and oxygen atoms in total. The first-order valence-electron chi connectivity index (χ1n) is 4.70. The number of fused-ring (bicyclic) bond motifs is 1. The smallest absolute Gasteiger partial charge is 0.158 e. The first-order chi connectivity index (χ1) is 7.22. The van der Waals surface area contributed by atoms with Gasteiger partial charge >= 0.3 is 0 Å². The van der Waals surface area contributed by atoms with Crippen LogP contribution in [-0.4, -0.2) is 17.3 Å². The lowest BCUT2D eigenvalue weighted by atomic mass is 9.93. The molecule has 0 saturated heterocycles. The van der Waals surface area contributed by atoms with Crippen LogP contribution in [0.15, 0.2) is 29.4 Å². The van der Waals surface area contributed by atoms with E-state index < -0.39 is 6.23 Å². The van der Waals surface area contributed by atoms with Gasteiger partial charge in [-0.15, -0.1) is 0 Å². The molecule has 2 rings (SSSR count). The van der Waals surface area contributed by atoms with E-state index >= 15 is 0 Å². The van der Waals surface area contributed by atoms with E-state index in [1.54, 1.807) is 0 Å². The maximum Gasteiger partial charge on any atom is 0.158 e. The van der Waals surface area contributed by atoms with Crippen molar-refractivity contribution in [2.45, 2.75) is 12.6 Å². The SMILES string of the molecule is NC(=NO)[C@@H]1Cc2ccccc2O[C@H]1N. The van der Waals surface area contributed by atoms with Crippen LogP contribution in [0.3, 0.4) is 0 Å². The number of benzene rings is 1. The molecule has 1 heterocycles. The zero-order valence-corrected chi connectivity index (χ0v) is 8.13. The molecular weight excluding hydrogens is 194 g/mol. The molecule has 0 aromatic heterocycles. The standard InChI is InChI=1S/C10H13N3O2/c11-9(13-14)7-5-6-3-1-2-4-8(6)15-10(7)12/h1-4,7,10,14H,5,12H2,(H2,11,13)/t7-,10+/m0/s1. The van der Waals surface area contributed by atoms with Crippen molar-refractivity contribution < 1.29 is 9.94 Å². The average molecular weight is 207 g/mol. The van der Waals surface area contributed by atoms with Crippen molar-refractivity contribution in [1.29, 1.82) is 0 Å². The summed E-state index contributed by atoms with van der Waals surface area (Å²) in [5.74, 6) is 0.605. The summed E-state index contributed by atoms with van der Waals surface area (Å²) in [5.41, 5.74) is 12.3. The van der Waals surface area contributed by atoms with Crippen LogP contribution in [0.5, 0.6) is 5.75 Å². The van der Waals surface area contributed by atoms with Gasteiger partial charge in [0.05, 0.1) is 5.92 Å². The Morgan fingerprint density at radius 1 is 1.47 bits per heavy atom. The summed E-state index contributed by atoms with van der Waals surface area (Å²) in [6.07, 6.45) is 0.0727. The molecule has 0 fully saturated rings. The molecule has 1 aromatic carbocycles. The predicted molar refractivity (Wildman–Crippen MR) is 55.6 cm³/mol. The molecule has 1 aliphatic heterocycles. The van der Waals surface area contributed by atoms with Gasteiger partial charge in [-0.25, -0.2) is 0 Å². The Balaban J connectivity index is 2.29. The molecule has 0 saturated carbocycles. The summed E-state index contributed by atoms with van der Waals surface area (Å²) >= 11 is 0. The molecule has 2 atom stereocenters. The van der Waals surface area contributed by atoms with E-state index in [-0.39, 0.29) is 11.8 Å². The number of nitrogens with two attached hydrogens (primary N) is 2. The second-order valence-corrected chi connectivity index (χ2v) is 3.53. The summed E-state index contributed by atoms with van der Waals surface area (Å²) in [6, 6.07) is 7.61. The van der Waals surface area contributed by atoms with Gasteiger partial charge in [-0.05, 0) is 18.1 Å². The van der Waals surface area contributed by atoms with Crippen molar-refractivity contribution in [3.63, 3.8) is 0 Å². The van der Waals surface area contributed by atoms with Crippen LogP contribution < -0.4 is 16.2 Å². The van der Waals surface area contributed by atoms with Gasteiger partial charge in [0.2, 0.25) is 0 Å². The fourth-order valence-corrected chi connectivity index (χ4v) is 1.72. The Labute approximate surface area is 87.3 Å². The third-order valence-electron chi connectivity index (χ3n) is 2.57. The summed E-state index contributed by atoms with van der Waals surface area (Å²) in [4.78, 5) is 0. The Hall–Kier alpha value is -1.75. The second-order valence-electron chi connectivity index (χ2n) is 3.53. The summed E-state index contributed by atoms with van der Waals surface area (Å²) in [5, 5.41) is 11.6. The fourth-order valence-electron chi connectivity index (χ4n) is 1.72. The highest BCUT2D eigenvalue weighted by Gasteiger charge is 2.30. The number of hydrogen-bond donors (Lipinski definition) is 3. The number of oxime groups is 1. The number of rotatable bonds is 1. The maximum absolute atomic E-state index is 8.60. The van der Waals surface area contributed by atoms with Crippen LogP contribution in [0.4, 0.5) is 0 Å². The molecule has 5 heteroatoms. The van der Waals surface area contributed by atoms with E-state index in [1.165, 1.54) is 0 Å². The monoisotopic (exact) mass is 207 g/mol. The van der Waals surface area contributed by atoms with Crippen molar-refractivity contribution in [2.24, 2.45) is 22.5 Å². The molecule has 15 heavy (non-hydrogen) atoms. The average Bonchev–Trinajstić information content (AvgIpc) is 2.27. The molecule has 0 spiro atoms. The van der Waals surface area contributed by atoms with Gasteiger partial charge in [-0.1, -0.05) is 23.4 Å². The highest BCUT2D eigenvalue weighted by atomic mass is 16.5. The minimum Gasteiger partial charge on any atom is -0.474 e. The van der Waals surface area contributed by atoms with Gasteiger partial charge < -0.3 is 15.7 Å². The minimum atomic E-state index is -0.559. The highest BCUT2D eigenvalue weighted by Crippen LogP contribution is 2.28. The lowest BCUT2D eigenvalue weighted by Gasteiger charge is -2.29. The molecule has 5 N–H and O–H groups in total. The van der Waals surface area contributed by atoms with E-state index in [0.29, 0.717) is 6.42 Å². The lowest BCUT2D eigenvalue weighted by molar-refractivity contribution is 0.148. The van der Waals surface area contributed by atoms with Crippen molar-refractivity contribution in [1.82, 2.24) is 0 Å². The number of nitrogens with zero attached hydrogens (tertiary/aromatic N) is 1. The van der Waals surface area contributed by atoms with Gasteiger partial charge in [0.15, 0.2) is 6.23 Å². The van der Waals surface area contributed by atoms with E-state index in [1.807, 2.05) is 24.3 Å². The maximum atomic E-state index is 8.60. The molecule has 0 bridgehead atoms. The van der Waals surface area contributed by atoms with Crippen LogP contribution in [0.25, 0.3) is 0 Å². The number of ether oxygens (including phenoxy) is 1. The zero-order valence-electron chi connectivity index (χ0n) is 8.13. The van der Waals surface area contributed by atoms with Gasteiger partial charge in [-0.2, -0.15) is 0 Å². The minimum absolute atomic E-state index is 0.108. The van der Waals surface area contributed by atoms with E-state index in [9.17, 15) is 0 Å². The fraction of sp³-hybridized carbons (Fsp3) is 0.300. The van der Waals surface area contributed by atoms with Crippen LogP contribution in [0, 0.1) is 5.92 Å². The quantitative estimate of drug-likeness (QED) is 0.266. The Morgan fingerprint density at radius 3 is 2.93 bits per heavy atom. The topological polar surface area (TPSA) is 93.9 Å². The molecule has 0 radical (unpaired) electrons. The van der Waals surface area contributed by atoms with Gasteiger partial charge in [0.25, 0.3) is 0 Å². The molecule has 0 aliphatic carbocycles. The van der Waals surface area contributed by atoms with Crippen molar-refractivity contribution in [3.8, 4) is 5.75 Å². The van der Waals surface area contributed by atoms with E-state index in [0.717, 1.165) is 11.3 Å². The first kappa shape index (κ1) is 9.79. The van der Waals surface area contributed by atoms with Crippen molar-refractivity contribution in [2.75, 3.05) is 0 Å². The summed E-state index contributed by atoms with van der Waals surface area (Å²) in [6.45, 7) is 0. The zero-order chi connectivity index (χ0) is 10.8. The van der Waals surface area contributed by atoms with Crippen LogP contribution in [-0.2, 0) is 6.42 Å². The molecule has 0 unspecified atom stereocenters. The Bertz CT molecular complexity index is 392. The molecule has 0 amide bonds. The van der Waals surface area contributed by atoms with Gasteiger partial charge in [0.1, 0.15) is 11.6 Å².